The predicted molar refractivity (Wildman–Crippen MR) is 370 cm³/mol. The molecule has 27 nitrogen and oxygen atoms in total. The first kappa shape index (κ1) is 83.1. The molecular weight excluding hydrogens is 1280 g/mol. The van der Waals surface area contributed by atoms with Crippen LogP contribution in [0.3, 0.4) is 0 Å². The van der Waals surface area contributed by atoms with Crippen LogP contribution in [0.2, 0.25) is 0 Å². The summed E-state index contributed by atoms with van der Waals surface area (Å²) in [5.74, 6) is -8.06. The first-order valence-corrected chi connectivity index (χ1v) is 34.4. The summed E-state index contributed by atoms with van der Waals surface area (Å²) < 4.78 is 23.2. The minimum atomic E-state index is -1.33. The number of amides is 11. The molecule has 550 valence electrons. The van der Waals surface area contributed by atoms with Gasteiger partial charge in [0.1, 0.15) is 42.4 Å². The van der Waals surface area contributed by atoms with Gasteiger partial charge in [0.15, 0.2) is 0 Å². The van der Waals surface area contributed by atoms with E-state index in [2.05, 4.69) is 31.9 Å². The van der Waals surface area contributed by atoms with Crippen LogP contribution in [0.25, 0.3) is 0 Å². The minimum Gasteiger partial charge on any atom is -0.460 e. The highest BCUT2D eigenvalue weighted by atomic mass is 16.6. The maximum absolute atomic E-state index is 14.8. The van der Waals surface area contributed by atoms with Crippen LogP contribution in [0, 0.1) is 29.6 Å². The second-order valence-corrected chi connectivity index (χ2v) is 28.1. The molecule has 0 bridgehead atoms. The van der Waals surface area contributed by atoms with Crippen molar-refractivity contribution in [2.75, 3.05) is 46.7 Å². The van der Waals surface area contributed by atoms with E-state index in [1.54, 1.807) is 98.5 Å². The highest BCUT2D eigenvalue weighted by molar-refractivity contribution is 6.13. The third kappa shape index (κ3) is 24.8. The van der Waals surface area contributed by atoms with Gasteiger partial charge in [0.05, 0.1) is 48.8 Å². The van der Waals surface area contributed by atoms with Crippen LogP contribution in [0.5, 0.6) is 0 Å². The second-order valence-electron chi connectivity index (χ2n) is 28.1. The Hall–Kier alpha value is -8.30. The molecule has 4 rings (SSSR count). The van der Waals surface area contributed by atoms with Crippen molar-refractivity contribution < 1.29 is 81.6 Å². The fraction of sp³-hybridized carbons (Fsp3) is 0.639. The standard InChI is InChI=1S/C72H110N10O17/c1-19-44(8)62(54(96-17)39-58(86)81-36-23-26-53(81)64(97-18)45(9)65(89)73-46(10)63(88)49-24-21-20-22-25-49)79(15)70(94)60(42(4)5)78-69(93)61(43(6)7)80(16)71(95)98-40-48-27-29-50(30-28-48)75-67(91)51(31-34-59(87)99-72(12,13)14)77-66(90)47(11)74-68(92)52(38-41(2)3)76-55(83)35-37-82-56(84)32-33-57(82)85/h20-22,24-25,27-30,32-33,41-47,51-54,60-64,88H,19,23,26,31,34-40H2,1-18H3,(H,73,89)(H,74,92)(H,75,91)(H,76,83)(H,77,90)(H,78,93)/t44-,45+,46+,47-,51-,52+,53-,54+,60-,61-,62-,63+,64+/m0/s1. The first-order chi connectivity index (χ1) is 46.4. The Morgan fingerprint density at radius 3 is 1.88 bits per heavy atom. The molecule has 2 aliphatic heterocycles. The van der Waals surface area contributed by atoms with Crippen LogP contribution in [0.4, 0.5) is 10.5 Å². The van der Waals surface area contributed by atoms with Gasteiger partial charge in [-0.05, 0) is 107 Å². The topological polar surface area (TPSA) is 347 Å². The molecule has 2 heterocycles. The van der Waals surface area contributed by atoms with E-state index in [4.69, 9.17) is 18.9 Å². The number of likely N-dealkylation sites (N-methyl/N-ethyl adjacent to an activating group) is 2. The SMILES string of the molecule is CC[C@H](C)[C@@H]([C@@H](CC(=O)N1CCC[C@H]1[C@H](OC)[C@@H](C)C(=O)N[C@H](C)[C@@H](O)c1ccccc1)OC)N(C)C(=O)[C@@H](NC(=O)[C@H](C(C)C)N(C)C(=O)OCc1ccc(NC(=O)[C@H](CCC(=O)OC(C)(C)C)NC(=O)[C@H](C)NC(=O)[C@@H](CC(C)C)NC(=O)CCN2C(=O)C=CC2=O)cc1)C(C)C. The van der Waals surface area contributed by atoms with E-state index in [1.807, 2.05) is 45.9 Å². The number of carbonyl (C=O) groups excluding carboxylic acids is 12. The zero-order valence-corrected chi connectivity index (χ0v) is 61.1. The van der Waals surface area contributed by atoms with Crippen molar-refractivity contribution in [1.29, 1.82) is 0 Å². The number of nitrogens with one attached hydrogen (secondary N) is 6. The maximum Gasteiger partial charge on any atom is 0.410 e. The van der Waals surface area contributed by atoms with Crippen LogP contribution in [-0.2, 0) is 78.3 Å². The summed E-state index contributed by atoms with van der Waals surface area (Å²) >= 11 is 0. The summed E-state index contributed by atoms with van der Waals surface area (Å²) in [5.41, 5.74) is 0.570. The number of imide groups is 1. The van der Waals surface area contributed by atoms with Crippen molar-refractivity contribution >= 4 is 76.8 Å². The zero-order chi connectivity index (χ0) is 74.3. The first-order valence-electron chi connectivity index (χ1n) is 34.4. The summed E-state index contributed by atoms with van der Waals surface area (Å²) in [6, 6.07) is 7.69. The van der Waals surface area contributed by atoms with Gasteiger partial charge in [0, 0.05) is 72.1 Å². The van der Waals surface area contributed by atoms with Crippen molar-refractivity contribution in [3.63, 3.8) is 0 Å². The molecule has 27 heteroatoms. The van der Waals surface area contributed by atoms with Crippen LogP contribution in [0.1, 0.15) is 166 Å². The zero-order valence-electron chi connectivity index (χ0n) is 61.1. The van der Waals surface area contributed by atoms with E-state index in [0.29, 0.717) is 36.9 Å². The van der Waals surface area contributed by atoms with Gasteiger partial charge in [0.2, 0.25) is 47.3 Å². The number of methoxy groups -OCH3 is 2. The molecular formula is C72H110N10O17. The number of aliphatic hydroxyl groups excluding tert-OH is 1. The van der Waals surface area contributed by atoms with E-state index in [1.165, 1.54) is 45.2 Å². The predicted octanol–water partition coefficient (Wildman–Crippen LogP) is 5.47. The van der Waals surface area contributed by atoms with Gasteiger partial charge in [0.25, 0.3) is 11.8 Å². The molecule has 0 aromatic heterocycles. The molecule has 1 saturated heterocycles. The molecule has 0 aliphatic carbocycles. The van der Waals surface area contributed by atoms with Gasteiger partial charge < -0.3 is 65.8 Å². The molecule has 2 aromatic rings. The van der Waals surface area contributed by atoms with Crippen LogP contribution in [0.15, 0.2) is 66.7 Å². The summed E-state index contributed by atoms with van der Waals surface area (Å²) in [5, 5.41) is 27.4. The van der Waals surface area contributed by atoms with E-state index in [0.717, 1.165) is 22.0 Å². The van der Waals surface area contributed by atoms with Gasteiger partial charge in [-0.15, -0.1) is 0 Å². The van der Waals surface area contributed by atoms with Crippen molar-refractivity contribution in [3.8, 4) is 0 Å². The number of anilines is 1. The van der Waals surface area contributed by atoms with E-state index >= 15 is 0 Å². The number of hydrogen-bond donors (Lipinski definition) is 7. The van der Waals surface area contributed by atoms with Crippen LogP contribution >= 0.6 is 0 Å². The lowest BCUT2D eigenvalue weighted by molar-refractivity contribution is -0.155. The van der Waals surface area contributed by atoms with Gasteiger partial charge in [-0.25, -0.2) is 4.79 Å². The van der Waals surface area contributed by atoms with Gasteiger partial charge in [-0.1, -0.05) is 111 Å². The Balaban J connectivity index is 1.40. The minimum absolute atomic E-state index is 0.0870. The third-order valence-corrected chi connectivity index (χ3v) is 17.9. The lowest BCUT2D eigenvalue weighted by Crippen LogP contribution is -2.60. The van der Waals surface area contributed by atoms with Crippen molar-refractivity contribution in [2.45, 2.75) is 227 Å². The van der Waals surface area contributed by atoms with Gasteiger partial charge in [-0.2, -0.15) is 0 Å². The highest BCUT2D eigenvalue weighted by Gasteiger charge is 2.44. The highest BCUT2D eigenvalue weighted by Crippen LogP contribution is 2.31. The lowest BCUT2D eigenvalue weighted by Gasteiger charge is -2.41. The smallest absolute Gasteiger partial charge is 0.410 e. The molecule has 0 saturated carbocycles. The van der Waals surface area contributed by atoms with E-state index < -0.39 is 149 Å². The second kappa shape index (κ2) is 38.9. The summed E-state index contributed by atoms with van der Waals surface area (Å²) in [6.45, 7) is 24.5. The average molecular weight is 1390 g/mol. The quantitative estimate of drug-likeness (QED) is 0.0325. The number of benzene rings is 2. The Labute approximate surface area is 583 Å². The summed E-state index contributed by atoms with van der Waals surface area (Å²) in [7, 11) is 6.04. The van der Waals surface area contributed by atoms with Crippen LogP contribution < -0.4 is 31.9 Å². The number of nitrogens with zero attached hydrogens (tertiary/aromatic N) is 4. The number of esters is 1. The Kier molecular flexibility index (Phi) is 32.7. The molecule has 11 amide bonds. The molecule has 2 aromatic carbocycles. The molecule has 1 fully saturated rings. The van der Waals surface area contributed by atoms with E-state index in [9.17, 15) is 62.6 Å². The molecule has 13 atom stereocenters. The van der Waals surface area contributed by atoms with Crippen molar-refractivity contribution in [1.82, 2.24) is 46.2 Å². The number of likely N-dealkylation sites (tertiary alicyclic amines) is 1. The molecule has 0 unspecified atom stereocenters. The average Bonchev–Trinajstić information content (AvgIpc) is 1.79. The van der Waals surface area contributed by atoms with Crippen molar-refractivity contribution in [2.24, 2.45) is 29.6 Å². The maximum atomic E-state index is 14.8. The third-order valence-electron chi connectivity index (χ3n) is 17.9. The Morgan fingerprint density at radius 2 is 1.32 bits per heavy atom. The number of aliphatic hydroxyl groups is 1. The molecule has 2 aliphatic rings. The number of carbonyl (C=O) groups is 12. The Bertz CT molecular complexity index is 3100. The summed E-state index contributed by atoms with van der Waals surface area (Å²) in [6.07, 6.45) is 0.122. The normalized spacial score (nSPS) is 17.6. The summed E-state index contributed by atoms with van der Waals surface area (Å²) in [4.78, 5) is 168. The molecule has 7 N–H and O–H groups in total. The lowest BCUT2D eigenvalue weighted by atomic mass is 9.89. The fourth-order valence-electron chi connectivity index (χ4n) is 12.3. The molecule has 0 radical (unpaired) electrons. The fourth-order valence-corrected chi connectivity index (χ4v) is 12.3. The largest absolute Gasteiger partial charge is 0.460 e. The number of ether oxygens (including phenoxy) is 4. The van der Waals surface area contributed by atoms with Crippen molar-refractivity contribution in [3.05, 3.63) is 77.9 Å². The van der Waals surface area contributed by atoms with Gasteiger partial charge in [-0.3, -0.25) is 62.5 Å². The van der Waals surface area contributed by atoms with E-state index in [-0.39, 0.29) is 74.6 Å². The van der Waals surface area contributed by atoms with Gasteiger partial charge >= 0.3 is 12.1 Å². The Morgan fingerprint density at radius 1 is 0.697 bits per heavy atom. The monoisotopic (exact) mass is 1390 g/mol. The molecule has 99 heavy (non-hydrogen) atoms. The number of hydrogen-bond acceptors (Lipinski definition) is 17. The molecule has 0 spiro atoms. The number of rotatable bonds is 37. The van der Waals surface area contributed by atoms with Crippen LogP contribution in [-0.4, -0.2) is 203 Å².